The number of aliphatic hydroxyl groups is 1. The highest BCUT2D eigenvalue weighted by molar-refractivity contribution is 5.22. The van der Waals surface area contributed by atoms with E-state index < -0.39 is 5.60 Å². The van der Waals surface area contributed by atoms with Gasteiger partial charge in [0.25, 0.3) is 0 Å². The van der Waals surface area contributed by atoms with Gasteiger partial charge in [-0.3, -0.25) is 0 Å². The van der Waals surface area contributed by atoms with Gasteiger partial charge < -0.3 is 15.7 Å². The monoisotopic (exact) mass is 302 g/mol. The molecule has 2 heterocycles. The van der Waals surface area contributed by atoms with E-state index in [1.807, 2.05) is 6.07 Å². The smallest absolute Gasteiger partial charge is 0.0901 e. The summed E-state index contributed by atoms with van der Waals surface area (Å²) >= 11 is 0. The molecule has 0 radical (unpaired) electrons. The molecule has 1 aromatic carbocycles. The average Bonchev–Trinajstić information content (AvgIpc) is 2.57. The Balaban J connectivity index is 1.74. The lowest BCUT2D eigenvalue weighted by atomic mass is 9.74. The highest BCUT2D eigenvalue weighted by Gasteiger charge is 2.35. The van der Waals surface area contributed by atoms with Crippen LogP contribution in [0.2, 0.25) is 0 Å². The molecule has 3 N–H and O–H groups in total. The van der Waals surface area contributed by atoms with Gasteiger partial charge >= 0.3 is 0 Å². The predicted octanol–water partition coefficient (Wildman–Crippen LogP) is 2.65. The van der Waals surface area contributed by atoms with Gasteiger partial charge in [-0.1, -0.05) is 30.3 Å². The van der Waals surface area contributed by atoms with Crippen LogP contribution in [0.15, 0.2) is 30.3 Å². The van der Waals surface area contributed by atoms with E-state index in [2.05, 4.69) is 34.9 Å². The van der Waals surface area contributed by atoms with Crippen LogP contribution in [-0.2, 0) is 5.60 Å². The third-order valence-corrected chi connectivity index (χ3v) is 5.48. The quantitative estimate of drug-likeness (QED) is 0.783. The highest BCUT2D eigenvalue weighted by atomic mass is 16.3. The predicted molar refractivity (Wildman–Crippen MR) is 90.8 cm³/mol. The van der Waals surface area contributed by atoms with Gasteiger partial charge in [-0.05, 0) is 82.1 Å². The van der Waals surface area contributed by atoms with Crippen molar-refractivity contribution >= 4 is 0 Å². The highest BCUT2D eigenvalue weighted by Crippen LogP contribution is 2.39. The van der Waals surface area contributed by atoms with Crippen LogP contribution < -0.4 is 10.6 Å². The first-order valence-electron chi connectivity index (χ1n) is 8.96. The second kappa shape index (κ2) is 7.58. The minimum Gasteiger partial charge on any atom is -0.385 e. The molecule has 0 aliphatic carbocycles. The van der Waals surface area contributed by atoms with Gasteiger partial charge in [-0.2, -0.15) is 0 Å². The molecular weight excluding hydrogens is 272 g/mol. The lowest BCUT2D eigenvalue weighted by Gasteiger charge is -2.38. The Labute approximate surface area is 134 Å². The van der Waals surface area contributed by atoms with Crippen molar-refractivity contribution in [3.63, 3.8) is 0 Å². The Morgan fingerprint density at radius 2 is 1.27 bits per heavy atom. The van der Waals surface area contributed by atoms with E-state index in [1.165, 1.54) is 25.7 Å². The summed E-state index contributed by atoms with van der Waals surface area (Å²) in [5.74, 6) is 1.29. The first-order chi connectivity index (χ1) is 10.8. The van der Waals surface area contributed by atoms with Crippen LogP contribution in [0, 0.1) is 11.8 Å². The largest absolute Gasteiger partial charge is 0.385 e. The number of nitrogens with one attached hydrogen (secondary N) is 2. The minimum atomic E-state index is -0.648. The molecule has 2 aliphatic rings. The van der Waals surface area contributed by atoms with Crippen molar-refractivity contribution in [2.45, 2.75) is 44.1 Å². The maximum atomic E-state index is 11.5. The van der Waals surface area contributed by atoms with Gasteiger partial charge in [0.15, 0.2) is 0 Å². The molecule has 3 rings (SSSR count). The summed E-state index contributed by atoms with van der Waals surface area (Å²) in [4.78, 5) is 0. The number of hydrogen-bond acceptors (Lipinski definition) is 3. The molecule has 2 saturated heterocycles. The Kier molecular flexibility index (Phi) is 5.51. The van der Waals surface area contributed by atoms with E-state index in [0.29, 0.717) is 11.8 Å². The molecule has 1 aromatic rings. The standard InChI is InChI=1S/C19H30N2O/c22-19(18-4-2-1-3-5-18,14-16-6-10-20-11-7-16)15-17-8-12-21-13-9-17/h1-5,16-17,20-22H,6-15H2. The van der Waals surface area contributed by atoms with Crippen molar-refractivity contribution in [3.8, 4) is 0 Å². The molecule has 3 heteroatoms. The Morgan fingerprint density at radius 1 is 0.818 bits per heavy atom. The van der Waals surface area contributed by atoms with E-state index in [1.54, 1.807) is 0 Å². The lowest BCUT2D eigenvalue weighted by molar-refractivity contribution is -0.0195. The van der Waals surface area contributed by atoms with Gasteiger partial charge in [-0.15, -0.1) is 0 Å². The van der Waals surface area contributed by atoms with Crippen molar-refractivity contribution in [2.24, 2.45) is 11.8 Å². The van der Waals surface area contributed by atoms with Gasteiger partial charge in [0.2, 0.25) is 0 Å². The molecule has 0 unspecified atom stereocenters. The number of piperidine rings is 2. The van der Waals surface area contributed by atoms with Crippen LogP contribution in [0.3, 0.4) is 0 Å². The summed E-state index contributed by atoms with van der Waals surface area (Å²) < 4.78 is 0. The Hall–Kier alpha value is -0.900. The maximum Gasteiger partial charge on any atom is 0.0901 e. The molecule has 2 aliphatic heterocycles. The van der Waals surface area contributed by atoms with Crippen LogP contribution in [0.5, 0.6) is 0 Å². The van der Waals surface area contributed by atoms with E-state index in [4.69, 9.17) is 0 Å². The van der Waals surface area contributed by atoms with Gasteiger partial charge in [-0.25, -0.2) is 0 Å². The SMILES string of the molecule is OC(CC1CCNCC1)(CC1CCNCC1)c1ccccc1. The summed E-state index contributed by atoms with van der Waals surface area (Å²) in [5, 5.41) is 18.4. The fourth-order valence-electron chi connectivity index (χ4n) is 4.19. The number of benzene rings is 1. The van der Waals surface area contributed by atoms with Crippen LogP contribution in [0.4, 0.5) is 0 Å². The number of rotatable bonds is 5. The summed E-state index contributed by atoms with van der Waals surface area (Å²) in [6, 6.07) is 10.4. The fraction of sp³-hybridized carbons (Fsp3) is 0.684. The molecular formula is C19H30N2O. The summed E-state index contributed by atoms with van der Waals surface area (Å²) in [6.07, 6.45) is 6.62. The third-order valence-electron chi connectivity index (χ3n) is 5.48. The summed E-state index contributed by atoms with van der Waals surface area (Å²) in [5.41, 5.74) is 0.470. The molecule has 22 heavy (non-hydrogen) atoms. The van der Waals surface area contributed by atoms with Crippen molar-refractivity contribution in [3.05, 3.63) is 35.9 Å². The molecule has 0 amide bonds. The maximum absolute atomic E-state index is 11.5. The van der Waals surface area contributed by atoms with Crippen LogP contribution in [0.1, 0.15) is 44.1 Å². The zero-order valence-electron chi connectivity index (χ0n) is 13.6. The zero-order chi connectivity index (χ0) is 15.3. The first-order valence-corrected chi connectivity index (χ1v) is 8.96. The van der Waals surface area contributed by atoms with Gasteiger partial charge in [0, 0.05) is 0 Å². The summed E-state index contributed by atoms with van der Waals surface area (Å²) in [6.45, 7) is 4.40. The molecule has 0 spiro atoms. The molecule has 0 aromatic heterocycles. The Bertz CT molecular complexity index is 416. The van der Waals surface area contributed by atoms with Crippen molar-refractivity contribution < 1.29 is 5.11 Å². The van der Waals surface area contributed by atoms with E-state index in [9.17, 15) is 5.11 Å². The molecule has 2 fully saturated rings. The normalized spacial score (nSPS) is 21.9. The van der Waals surface area contributed by atoms with E-state index in [-0.39, 0.29) is 0 Å². The van der Waals surface area contributed by atoms with Crippen LogP contribution in [0.25, 0.3) is 0 Å². The van der Waals surface area contributed by atoms with Crippen LogP contribution >= 0.6 is 0 Å². The molecule has 0 saturated carbocycles. The number of hydrogen-bond donors (Lipinski definition) is 3. The molecule has 0 atom stereocenters. The lowest BCUT2D eigenvalue weighted by Crippen LogP contribution is -2.38. The molecule has 0 bridgehead atoms. The van der Waals surface area contributed by atoms with Crippen molar-refractivity contribution in [2.75, 3.05) is 26.2 Å². The second-order valence-corrected chi connectivity index (χ2v) is 7.19. The third kappa shape index (κ3) is 4.09. The zero-order valence-corrected chi connectivity index (χ0v) is 13.6. The van der Waals surface area contributed by atoms with Crippen molar-refractivity contribution in [1.29, 1.82) is 0 Å². The van der Waals surface area contributed by atoms with Crippen molar-refractivity contribution in [1.82, 2.24) is 10.6 Å². The van der Waals surface area contributed by atoms with E-state index >= 15 is 0 Å². The topological polar surface area (TPSA) is 44.3 Å². The van der Waals surface area contributed by atoms with Gasteiger partial charge in [0.05, 0.1) is 5.60 Å². The second-order valence-electron chi connectivity index (χ2n) is 7.19. The minimum absolute atomic E-state index is 0.646. The van der Waals surface area contributed by atoms with Crippen LogP contribution in [-0.4, -0.2) is 31.3 Å². The fourth-order valence-corrected chi connectivity index (χ4v) is 4.19. The Morgan fingerprint density at radius 3 is 1.73 bits per heavy atom. The summed E-state index contributed by atoms with van der Waals surface area (Å²) in [7, 11) is 0. The molecule has 122 valence electrons. The average molecular weight is 302 g/mol. The first kappa shape index (κ1) is 16.0. The van der Waals surface area contributed by atoms with E-state index in [0.717, 1.165) is 44.6 Å². The van der Waals surface area contributed by atoms with Gasteiger partial charge in [0.1, 0.15) is 0 Å². The molecule has 3 nitrogen and oxygen atoms in total.